The van der Waals surface area contributed by atoms with Crippen LogP contribution in [0.2, 0.25) is 0 Å². The standard InChI is InChI=1S/C18H14N2O2/c21-18(22)15-10-14(15)13-3-1-2-11(8-13)12-4-5-16-17(9-12)20-7-6-19-16/h1-9,14-15H,10H2,(H,21,22)/t14-,15+/m0/s1. The third-order valence-electron chi connectivity index (χ3n) is 4.23. The number of carbonyl (C=O) groups is 1. The van der Waals surface area contributed by atoms with E-state index in [2.05, 4.69) is 16.0 Å². The number of carboxylic acid groups (broad SMARTS) is 1. The van der Waals surface area contributed by atoms with Gasteiger partial charge in [-0.25, -0.2) is 0 Å². The van der Waals surface area contributed by atoms with E-state index in [1.54, 1.807) is 12.4 Å². The van der Waals surface area contributed by atoms with E-state index < -0.39 is 5.97 Å². The quantitative estimate of drug-likeness (QED) is 0.802. The molecule has 1 N–H and O–H groups in total. The zero-order valence-corrected chi connectivity index (χ0v) is 11.8. The number of benzene rings is 2. The van der Waals surface area contributed by atoms with Crippen LogP contribution in [0, 0.1) is 5.92 Å². The zero-order valence-electron chi connectivity index (χ0n) is 11.8. The first-order valence-corrected chi connectivity index (χ1v) is 7.26. The molecule has 2 atom stereocenters. The third kappa shape index (κ3) is 2.22. The molecule has 0 aliphatic heterocycles. The van der Waals surface area contributed by atoms with Crippen LogP contribution in [0.4, 0.5) is 0 Å². The Labute approximate surface area is 127 Å². The Kier molecular flexibility index (Phi) is 2.89. The van der Waals surface area contributed by atoms with Gasteiger partial charge in [0.25, 0.3) is 0 Å². The summed E-state index contributed by atoms with van der Waals surface area (Å²) in [7, 11) is 0. The summed E-state index contributed by atoms with van der Waals surface area (Å²) in [6.07, 6.45) is 4.11. The lowest BCUT2D eigenvalue weighted by molar-refractivity contribution is -0.138. The van der Waals surface area contributed by atoms with E-state index in [1.165, 1.54) is 0 Å². The predicted octanol–water partition coefficient (Wildman–Crippen LogP) is 3.48. The number of fused-ring (bicyclic) bond motifs is 1. The lowest BCUT2D eigenvalue weighted by Crippen LogP contribution is -1.98. The van der Waals surface area contributed by atoms with E-state index in [1.807, 2.05) is 36.4 Å². The molecule has 1 heterocycles. The average molecular weight is 290 g/mol. The maximum Gasteiger partial charge on any atom is 0.307 e. The molecule has 4 rings (SSSR count). The summed E-state index contributed by atoms with van der Waals surface area (Å²) in [4.78, 5) is 19.6. The van der Waals surface area contributed by atoms with Crippen molar-refractivity contribution in [3.8, 4) is 11.1 Å². The summed E-state index contributed by atoms with van der Waals surface area (Å²) in [6, 6.07) is 14.1. The topological polar surface area (TPSA) is 63.1 Å². The summed E-state index contributed by atoms with van der Waals surface area (Å²) in [5.41, 5.74) is 4.99. The van der Waals surface area contributed by atoms with Gasteiger partial charge in [0.2, 0.25) is 0 Å². The maximum absolute atomic E-state index is 11.0. The molecule has 1 aromatic heterocycles. The Morgan fingerprint density at radius 3 is 2.55 bits per heavy atom. The third-order valence-corrected chi connectivity index (χ3v) is 4.23. The van der Waals surface area contributed by atoms with Crippen LogP contribution in [0.5, 0.6) is 0 Å². The monoisotopic (exact) mass is 290 g/mol. The number of hydrogen-bond donors (Lipinski definition) is 1. The van der Waals surface area contributed by atoms with E-state index >= 15 is 0 Å². The molecule has 0 unspecified atom stereocenters. The highest BCUT2D eigenvalue weighted by atomic mass is 16.4. The van der Waals surface area contributed by atoms with Crippen LogP contribution in [0.3, 0.4) is 0 Å². The summed E-state index contributed by atoms with van der Waals surface area (Å²) in [5, 5.41) is 9.07. The number of hydrogen-bond acceptors (Lipinski definition) is 3. The molecule has 1 aliphatic rings. The molecule has 0 bridgehead atoms. The summed E-state index contributed by atoms with van der Waals surface area (Å²) in [6.45, 7) is 0. The first-order valence-electron chi connectivity index (χ1n) is 7.26. The van der Waals surface area contributed by atoms with Crippen LogP contribution in [-0.4, -0.2) is 21.0 Å². The predicted molar refractivity (Wildman–Crippen MR) is 83.5 cm³/mol. The number of carboxylic acids is 1. The Bertz CT molecular complexity index is 876. The number of aliphatic carboxylic acids is 1. The van der Waals surface area contributed by atoms with E-state index in [4.69, 9.17) is 5.11 Å². The van der Waals surface area contributed by atoms with Gasteiger partial charge in [-0.05, 0) is 41.2 Å². The maximum atomic E-state index is 11.0. The Morgan fingerprint density at radius 1 is 1.00 bits per heavy atom. The van der Waals surface area contributed by atoms with Gasteiger partial charge in [0.15, 0.2) is 0 Å². The van der Waals surface area contributed by atoms with Crippen molar-refractivity contribution in [2.24, 2.45) is 5.92 Å². The smallest absolute Gasteiger partial charge is 0.307 e. The average Bonchev–Trinajstić information content (AvgIpc) is 3.35. The largest absolute Gasteiger partial charge is 0.481 e. The normalized spacial score (nSPS) is 20.0. The van der Waals surface area contributed by atoms with Gasteiger partial charge in [-0.1, -0.05) is 30.3 Å². The van der Waals surface area contributed by atoms with Crippen LogP contribution in [-0.2, 0) is 4.79 Å². The van der Waals surface area contributed by atoms with Crippen molar-refractivity contribution in [3.05, 3.63) is 60.4 Å². The number of rotatable bonds is 3. The van der Waals surface area contributed by atoms with Gasteiger partial charge in [-0.2, -0.15) is 0 Å². The fourth-order valence-corrected chi connectivity index (χ4v) is 2.93. The van der Waals surface area contributed by atoms with Crippen molar-refractivity contribution in [3.63, 3.8) is 0 Å². The van der Waals surface area contributed by atoms with E-state index in [0.29, 0.717) is 0 Å². The molecule has 1 saturated carbocycles. The Hall–Kier alpha value is -2.75. The highest BCUT2D eigenvalue weighted by Gasteiger charge is 2.44. The molecular formula is C18H14N2O2. The van der Waals surface area contributed by atoms with E-state index in [0.717, 1.165) is 34.1 Å². The zero-order chi connectivity index (χ0) is 15.1. The van der Waals surface area contributed by atoms with Crippen LogP contribution < -0.4 is 0 Å². The molecule has 108 valence electrons. The molecule has 3 aromatic rings. The molecule has 1 fully saturated rings. The summed E-state index contributed by atoms with van der Waals surface area (Å²) < 4.78 is 0. The van der Waals surface area contributed by atoms with Crippen molar-refractivity contribution >= 4 is 17.0 Å². The minimum atomic E-state index is -0.698. The SMILES string of the molecule is O=C(O)[C@@H]1C[C@H]1c1cccc(-c2ccc3nccnc3c2)c1. The summed E-state index contributed by atoms with van der Waals surface area (Å²) >= 11 is 0. The van der Waals surface area contributed by atoms with Gasteiger partial charge in [0.05, 0.1) is 17.0 Å². The van der Waals surface area contributed by atoms with Crippen molar-refractivity contribution in [1.29, 1.82) is 0 Å². The van der Waals surface area contributed by atoms with Crippen LogP contribution in [0.1, 0.15) is 17.9 Å². The number of nitrogens with zero attached hydrogens (tertiary/aromatic N) is 2. The second-order valence-corrected chi connectivity index (χ2v) is 5.67. The molecule has 0 spiro atoms. The minimum absolute atomic E-state index is 0.151. The van der Waals surface area contributed by atoms with Gasteiger partial charge in [0, 0.05) is 12.4 Å². The molecule has 1 aliphatic carbocycles. The number of aromatic nitrogens is 2. The molecule has 0 amide bonds. The fraction of sp³-hybridized carbons (Fsp3) is 0.167. The molecular weight excluding hydrogens is 276 g/mol. The van der Waals surface area contributed by atoms with E-state index in [9.17, 15) is 4.79 Å². The highest BCUT2D eigenvalue weighted by Crippen LogP contribution is 2.48. The molecule has 4 heteroatoms. The minimum Gasteiger partial charge on any atom is -0.481 e. The van der Waals surface area contributed by atoms with Gasteiger partial charge < -0.3 is 5.11 Å². The van der Waals surface area contributed by atoms with Gasteiger partial charge in [-0.15, -0.1) is 0 Å². The van der Waals surface area contributed by atoms with Crippen molar-refractivity contribution in [2.75, 3.05) is 0 Å². The van der Waals surface area contributed by atoms with Gasteiger partial charge >= 0.3 is 5.97 Å². The lowest BCUT2D eigenvalue weighted by atomic mass is 10.00. The lowest BCUT2D eigenvalue weighted by Gasteiger charge is -2.06. The molecule has 0 radical (unpaired) electrons. The Morgan fingerprint density at radius 2 is 1.77 bits per heavy atom. The second-order valence-electron chi connectivity index (χ2n) is 5.67. The second kappa shape index (κ2) is 4.91. The van der Waals surface area contributed by atoms with Crippen LogP contribution in [0.25, 0.3) is 22.2 Å². The van der Waals surface area contributed by atoms with Crippen molar-refractivity contribution in [1.82, 2.24) is 9.97 Å². The first kappa shape index (κ1) is 13.0. The molecule has 22 heavy (non-hydrogen) atoms. The van der Waals surface area contributed by atoms with Gasteiger partial charge in [-0.3, -0.25) is 14.8 Å². The fourth-order valence-electron chi connectivity index (χ4n) is 2.93. The molecule has 0 saturated heterocycles. The first-order chi connectivity index (χ1) is 10.7. The van der Waals surface area contributed by atoms with Gasteiger partial charge in [0.1, 0.15) is 0 Å². The van der Waals surface area contributed by atoms with Crippen LogP contribution >= 0.6 is 0 Å². The van der Waals surface area contributed by atoms with Crippen LogP contribution in [0.15, 0.2) is 54.9 Å². The molecule has 4 nitrogen and oxygen atoms in total. The Balaban J connectivity index is 1.71. The van der Waals surface area contributed by atoms with E-state index in [-0.39, 0.29) is 11.8 Å². The summed E-state index contributed by atoms with van der Waals surface area (Å²) in [5.74, 6) is -0.771. The molecule has 2 aromatic carbocycles. The van der Waals surface area contributed by atoms with Crippen molar-refractivity contribution in [2.45, 2.75) is 12.3 Å². The van der Waals surface area contributed by atoms with Crippen molar-refractivity contribution < 1.29 is 9.90 Å². The highest BCUT2D eigenvalue weighted by molar-refractivity contribution is 5.81.